The summed E-state index contributed by atoms with van der Waals surface area (Å²) in [4.78, 5) is 26.6. The molecule has 1 aliphatic heterocycles. The van der Waals surface area contributed by atoms with Crippen molar-refractivity contribution < 1.29 is 23.8 Å². The van der Waals surface area contributed by atoms with Crippen LogP contribution in [0.15, 0.2) is 18.2 Å². The highest BCUT2D eigenvalue weighted by atomic mass is 16.6. The molecule has 3 rings (SSSR count). The number of aryl methyl sites for hydroxylation is 1. The van der Waals surface area contributed by atoms with Crippen molar-refractivity contribution in [1.82, 2.24) is 15.1 Å². The lowest BCUT2D eigenvalue weighted by atomic mass is 10.1. The standard InChI is InChI=1S/C22H30N4O5/c1-22(2,3)31-21(28)26-11-10-16-15(13-26)20(25-24-16)23-19(27)9-7-14-6-8-17(29-4)18(12-14)30-5/h6,8,12H,7,9-11,13H2,1-5H3,(H2,23,24,25,27). The van der Waals surface area contributed by atoms with E-state index in [1.54, 1.807) is 19.1 Å². The molecule has 2 amide bonds. The van der Waals surface area contributed by atoms with Gasteiger partial charge in [0, 0.05) is 30.6 Å². The van der Waals surface area contributed by atoms with Crippen molar-refractivity contribution in [2.24, 2.45) is 0 Å². The molecule has 0 aliphatic carbocycles. The number of aromatic amines is 1. The highest BCUT2D eigenvalue weighted by molar-refractivity contribution is 5.90. The van der Waals surface area contributed by atoms with Crippen molar-refractivity contribution in [2.45, 2.75) is 52.2 Å². The van der Waals surface area contributed by atoms with E-state index in [2.05, 4.69) is 15.5 Å². The van der Waals surface area contributed by atoms with Crippen LogP contribution in [0.3, 0.4) is 0 Å². The fourth-order valence-corrected chi connectivity index (χ4v) is 3.37. The fourth-order valence-electron chi connectivity index (χ4n) is 3.37. The molecule has 0 bridgehead atoms. The summed E-state index contributed by atoms with van der Waals surface area (Å²) < 4.78 is 16.0. The SMILES string of the molecule is COc1ccc(CCC(=O)Nc2n[nH]c3c2CN(C(=O)OC(C)(C)C)CC3)cc1OC. The fraction of sp³-hybridized carbons (Fsp3) is 0.500. The first-order chi connectivity index (χ1) is 14.7. The number of rotatable bonds is 6. The van der Waals surface area contributed by atoms with Crippen LogP contribution >= 0.6 is 0 Å². The van der Waals surface area contributed by atoms with Gasteiger partial charge in [0.05, 0.1) is 20.8 Å². The quantitative estimate of drug-likeness (QED) is 0.729. The molecule has 1 aliphatic rings. The number of nitrogens with zero attached hydrogens (tertiary/aromatic N) is 2. The molecule has 0 atom stereocenters. The van der Waals surface area contributed by atoms with Crippen LogP contribution in [0.2, 0.25) is 0 Å². The van der Waals surface area contributed by atoms with Crippen molar-refractivity contribution in [3.05, 3.63) is 35.0 Å². The van der Waals surface area contributed by atoms with Gasteiger partial charge < -0.3 is 24.4 Å². The van der Waals surface area contributed by atoms with Crippen LogP contribution < -0.4 is 14.8 Å². The Hall–Kier alpha value is -3.23. The summed E-state index contributed by atoms with van der Waals surface area (Å²) in [5.41, 5.74) is 2.15. The molecule has 0 radical (unpaired) electrons. The highest BCUT2D eigenvalue weighted by Crippen LogP contribution is 2.28. The third-order valence-corrected chi connectivity index (χ3v) is 4.93. The van der Waals surface area contributed by atoms with Crippen LogP contribution in [-0.2, 0) is 28.9 Å². The Bertz CT molecular complexity index is 948. The van der Waals surface area contributed by atoms with Crippen molar-refractivity contribution in [3.8, 4) is 11.5 Å². The number of H-pyrrole nitrogens is 1. The Morgan fingerprint density at radius 2 is 1.94 bits per heavy atom. The molecule has 31 heavy (non-hydrogen) atoms. The predicted octanol–water partition coefficient (Wildman–Crippen LogP) is 3.29. The first kappa shape index (κ1) is 22.5. The number of aromatic nitrogens is 2. The highest BCUT2D eigenvalue weighted by Gasteiger charge is 2.29. The summed E-state index contributed by atoms with van der Waals surface area (Å²) in [6, 6.07) is 5.59. The zero-order chi connectivity index (χ0) is 22.6. The van der Waals surface area contributed by atoms with E-state index < -0.39 is 5.60 Å². The van der Waals surface area contributed by atoms with E-state index >= 15 is 0 Å². The van der Waals surface area contributed by atoms with Crippen molar-refractivity contribution in [2.75, 3.05) is 26.1 Å². The second-order valence-electron chi connectivity index (χ2n) is 8.42. The van der Waals surface area contributed by atoms with Crippen molar-refractivity contribution in [3.63, 3.8) is 0 Å². The first-order valence-corrected chi connectivity index (χ1v) is 10.2. The largest absolute Gasteiger partial charge is 0.493 e. The van der Waals surface area contributed by atoms with E-state index in [0.29, 0.717) is 43.2 Å². The molecule has 0 spiro atoms. The molecule has 1 aromatic heterocycles. The third-order valence-electron chi connectivity index (χ3n) is 4.93. The second-order valence-corrected chi connectivity index (χ2v) is 8.42. The number of amides is 2. The number of fused-ring (bicyclic) bond motifs is 1. The Balaban J connectivity index is 1.60. The van der Waals surface area contributed by atoms with E-state index in [4.69, 9.17) is 14.2 Å². The lowest BCUT2D eigenvalue weighted by Crippen LogP contribution is -2.40. The van der Waals surface area contributed by atoms with Crippen LogP contribution in [0.1, 0.15) is 44.0 Å². The van der Waals surface area contributed by atoms with Gasteiger partial charge >= 0.3 is 6.09 Å². The molecule has 0 fully saturated rings. The van der Waals surface area contributed by atoms with Gasteiger partial charge in [0.1, 0.15) is 5.60 Å². The molecule has 1 aromatic carbocycles. The van der Waals surface area contributed by atoms with Gasteiger partial charge in [-0.3, -0.25) is 9.89 Å². The number of anilines is 1. The van der Waals surface area contributed by atoms with Gasteiger partial charge in [0.25, 0.3) is 0 Å². The molecular formula is C22H30N4O5. The number of carbonyl (C=O) groups is 2. The molecule has 9 heteroatoms. The maximum absolute atomic E-state index is 12.5. The second kappa shape index (κ2) is 9.28. The van der Waals surface area contributed by atoms with Gasteiger partial charge in [-0.1, -0.05) is 6.07 Å². The van der Waals surface area contributed by atoms with Gasteiger partial charge in [-0.05, 0) is 44.9 Å². The minimum Gasteiger partial charge on any atom is -0.493 e. The molecule has 9 nitrogen and oxygen atoms in total. The maximum Gasteiger partial charge on any atom is 0.410 e. The molecule has 2 heterocycles. The van der Waals surface area contributed by atoms with Crippen LogP contribution in [0.25, 0.3) is 0 Å². The summed E-state index contributed by atoms with van der Waals surface area (Å²) in [5.74, 6) is 1.58. The van der Waals surface area contributed by atoms with E-state index in [9.17, 15) is 9.59 Å². The van der Waals surface area contributed by atoms with E-state index in [1.165, 1.54) is 0 Å². The van der Waals surface area contributed by atoms with Gasteiger partial charge in [0.2, 0.25) is 5.91 Å². The number of ether oxygens (including phenoxy) is 3. The number of hydrogen-bond acceptors (Lipinski definition) is 6. The summed E-state index contributed by atoms with van der Waals surface area (Å²) in [5, 5.41) is 10.1. The Morgan fingerprint density at radius 3 is 2.61 bits per heavy atom. The van der Waals surface area contributed by atoms with E-state index in [1.807, 2.05) is 39.0 Å². The minimum absolute atomic E-state index is 0.154. The zero-order valence-electron chi connectivity index (χ0n) is 18.7. The van der Waals surface area contributed by atoms with Crippen molar-refractivity contribution in [1.29, 1.82) is 0 Å². The third kappa shape index (κ3) is 5.68. The Morgan fingerprint density at radius 1 is 1.19 bits per heavy atom. The number of carbonyl (C=O) groups excluding carboxylic acids is 2. The lowest BCUT2D eigenvalue weighted by Gasteiger charge is -2.30. The molecule has 0 unspecified atom stereocenters. The van der Waals surface area contributed by atoms with Crippen LogP contribution in [0, 0.1) is 0 Å². The van der Waals surface area contributed by atoms with Crippen LogP contribution in [0.4, 0.5) is 10.6 Å². The number of methoxy groups -OCH3 is 2. The topological polar surface area (TPSA) is 106 Å². The number of benzene rings is 1. The predicted molar refractivity (Wildman–Crippen MR) is 115 cm³/mol. The van der Waals surface area contributed by atoms with E-state index in [-0.39, 0.29) is 18.4 Å². The smallest absolute Gasteiger partial charge is 0.410 e. The molecule has 0 saturated heterocycles. The summed E-state index contributed by atoms with van der Waals surface area (Å²) in [7, 11) is 3.16. The monoisotopic (exact) mass is 430 g/mol. The van der Waals surface area contributed by atoms with Gasteiger partial charge in [-0.2, -0.15) is 5.10 Å². The summed E-state index contributed by atoms with van der Waals surface area (Å²) in [6.45, 7) is 6.38. The first-order valence-electron chi connectivity index (χ1n) is 10.2. The Kier molecular flexibility index (Phi) is 6.72. The van der Waals surface area contributed by atoms with Crippen LogP contribution in [-0.4, -0.2) is 53.5 Å². The average Bonchev–Trinajstić information content (AvgIpc) is 3.12. The number of hydrogen-bond donors (Lipinski definition) is 2. The van der Waals surface area contributed by atoms with Crippen molar-refractivity contribution >= 4 is 17.8 Å². The Labute approximate surface area is 182 Å². The molecular weight excluding hydrogens is 400 g/mol. The zero-order valence-corrected chi connectivity index (χ0v) is 18.7. The van der Waals surface area contributed by atoms with Gasteiger partial charge in [-0.25, -0.2) is 4.79 Å². The lowest BCUT2D eigenvalue weighted by molar-refractivity contribution is -0.116. The average molecular weight is 431 g/mol. The maximum atomic E-state index is 12.5. The van der Waals surface area contributed by atoms with Gasteiger partial charge in [0.15, 0.2) is 17.3 Å². The molecule has 2 N–H and O–H groups in total. The summed E-state index contributed by atoms with van der Waals surface area (Å²) >= 11 is 0. The molecule has 2 aromatic rings. The van der Waals surface area contributed by atoms with Gasteiger partial charge in [-0.15, -0.1) is 0 Å². The molecule has 0 saturated carbocycles. The molecule has 168 valence electrons. The van der Waals surface area contributed by atoms with Crippen LogP contribution in [0.5, 0.6) is 11.5 Å². The summed E-state index contributed by atoms with van der Waals surface area (Å²) in [6.07, 6.45) is 1.09. The minimum atomic E-state index is -0.561. The number of nitrogens with one attached hydrogen (secondary N) is 2. The van der Waals surface area contributed by atoms with E-state index in [0.717, 1.165) is 16.8 Å². The normalized spacial score (nSPS) is 13.4.